The lowest BCUT2D eigenvalue weighted by molar-refractivity contribution is 1.50. The van der Waals surface area contributed by atoms with Gasteiger partial charge < -0.3 is 0 Å². The summed E-state index contributed by atoms with van der Waals surface area (Å²) >= 11 is 0. The van der Waals surface area contributed by atoms with E-state index in [0.29, 0.717) is 0 Å². The van der Waals surface area contributed by atoms with E-state index >= 15 is 0 Å². The molecule has 0 heterocycles. The number of terminal acetylenes is 1. The van der Waals surface area contributed by atoms with Crippen LogP contribution in [0.1, 0.15) is 20.8 Å². The van der Waals surface area contributed by atoms with Crippen LogP contribution in [0.15, 0.2) is 0 Å². The summed E-state index contributed by atoms with van der Waals surface area (Å²) < 4.78 is 0. The second kappa shape index (κ2) is 15.9. The minimum atomic E-state index is 1.71. The molecule has 0 fully saturated rings. The largest absolute Gasteiger partial charge is 0.106 e. The highest BCUT2D eigenvalue weighted by atomic mass is 13.5. The van der Waals surface area contributed by atoms with Gasteiger partial charge in [-0.1, -0.05) is 19.8 Å². The van der Waals surface area contributed by atoms with Crippen LogP contribution in [0.25, 0.3) is 0 Å². The van der Waals surface area contributed by atoms with Crippen LogP contribution < -0.4 is 0 Å². The minimum Gasteiger partial charge on any atom is -0.106 e. The highest BCUT2D eigenvalue weighted by molar-refractivity contribution is 5.33. The van der Waals surface area contributed by atoms with Crippen molar-refractivity contribution in [3.05, 3.63) is 0 Å². The smallest absolute Gasteiger partial charge is 0.00108 e. The molecule has 0 nitrogen and oxygen atoms in total. The fourth-order valence-corrected chi connectivity index (χ4v) is 0.130. The SMILES string of the molecule is C#CC#CC#CC.CC. The summed E-state index contributed by atoms with van der Waals surface area (Å²) in [5.74, 6) is 12.0. The van der Waals surface area contributed by atoms with Crippen LogP contribution in [-0.2, 0) is 0 Å². The number of hydrogen-bond acceptors (Lipinski definition) is 0. The molecular formula is C9H10. The molecule has 0 heteroatoms. The highest BCUT2D eigenvalue weighted by Gasteiger charge is 1.45. The van der Waals surface area contributed by atoms with Crippen LogP contribution in [0.3, 0.4) is 0 Å². The monoisotopic (exact) mass is 118 g/mol. The van der Waals surface area contributed by atoms with Crippen LogP contribution in [0.5, 0.6) is 0 Å². The third-order valence-electron chi connectivity index (χ3n) is 0.322. The van der Waals surface area contributed by atoms with Crippen molar-refractivity contribution in [2.45, 2.75) is 20.8 Å². The van der Waals surface area contributed by atoms with Crippen LogP contribution in [0.4, 0.5) is 0 Å². The Kier molecular flexibility index (Phi) is 18.8. The summed E-state index contributed by atoms with van der Waals surface area (Å²) in [6, 6.07) is 0. The van der Waals surface area contributed by atoms with Crippen LogP contribution in [-0.4, -0.2) is 0 Å². The summed E-state index contributed by atoms with van der Waals surface area (Å²) in [6.45, 7) is 5.71. The van der Waals surface area contributed by atoms with Crippen molar-refractivity contribution in [3.8, 4) is 36.0 Å². The molecule has 0 atom stereocenters. The van der Waals surface area contributed by atoms with Gasteiger partial charge in [-0.15, -0.1) is 6.42 Å². The maximum atomic E-state index is 4.78. The molecule has 0 aromatic rings. The number of rotatable bonds is 0. The normalized spacial score (nSPS) is 3.33. The predicted octanol–water partition coefficient (Wildman–Crippen LogP) is 1.67. The Hall–Kier alpha value is -1.32. The van der Waals surface area contributed by atoms with Gasteiger partial charge in [-0.05, 0) is 30.6 Å². The summed E-state index contributed by atoms with van der Waals surface area (Å²) in [4.78, 5) is 0. The molecule has 0 aliphatic rings. The fourth-order valence-electron chi connectivity index (χ4n) is 0.130. The first-order valence-corrected chi connectivity index (χ1v) is 2.79. The molecular weight excluding hydrogens is 108 g/mol. The Balaban J connectivity index is 0. The maximum Gasteiger partial charge on any atom is -0.00108 e. The van der Waals surface area contributed by atoms with Gasteiger partial charge in [0.2, 0.25) is 0 Å². The third kappa shape index (κ3) is 20.4. The molecule has 0 bridgehead atoms. The molecule has 0 radical (unpaired) electrons. The summed E-state index contributed by atoms with van der Waals surface area (Å²) in [7, 11) is 0. The van der Waals surface area contributed by atoms with Gasteiger partial charge in [0.15, 0.2) is 0 Å². The molecule has 46 valence electrons. The van der Waals surface area contributed by atoms with Crippen LogP contribution in [0.2, 0.25) is 0 Å². The van der Waals surface area contributed by atoms with Crippen molar-refractivity contribution in [3.63, 3.8) is 0 Å². The molecule has 9 heavy (non-hydrogen) atoms. The average molecular weight is 118 g/mol. The Morgan fingerprint density at radius 1 is 1.00 bits per heavy atom. The van der Waals surface area contributed by atoms with E-state index in [2.05, 4.69) is 29.6 Å². The van der Waals surface area contributed by atoms with Crippen LogP contribution in [0, 0.1) is 36.0 Å². The van der Waals surface area contributed by atoms with E-state index < -0.39 is 0 Å². The first-order valence-electron chi connectivity index (χ1n) is 2.79. The molecule has 0 amide bonds. The van der Waals surface area contributed by atoms with E-state index in [1.807, 2.05) is 13.8 Å². The van der Waals surface area contributed by atoms with Gasteiger partial charge in [0.25, 0.3) is 0 Å². The molecule has 0 rings (SSSR count). The first kappa shape index (κ1) is 10.6. The first-order chi connectivity index (χ1) is 4.41. The zero-order chi connectivity index (χ0) is 7.54. The van der Waals surface area contributed by atoms with Crippen molar-refractivity contribution < 1.29 is 0 Å². The lowest BCUT2D eigenvalue weighted by atomic mass is 10.5. The predicted molar refractivity (Wildman–Crippen MR) is 41.4 cm³/mol. The van der Waals surface area contributed by atoms with E-state index in [1.165, 1.54) is 0 Å². The summed E-state index contributed by atoms with van der Waals surface area (Å²) in [6.07, 6.45) is 4.78. The highest BCUT2D eigenvalue weighted by Crippen LogP contribution is 1.48. The van der Waals surface area contributed by atoms with Gasteiger partial charge in [-0.25, -0.2) is 0 Å². The maximum absolute atomic E-state index is 4.78. The zero-order valence-corrected chi connectivity index (χ0v) is 6.08. The molecule has 0 unspecified atom stereocenters. The van der Waals surface area contributed by atoms with Gasteiger partial charge >= 0.3 is 0 Å². The van der Waals surface area contributed by atoms with E-state index in [-0.39, 0.29) is 0 Å². The molecule has 0 N–H and O–H groups in total. The Bertz CT molecular complexity index is 182. The molecule has 0 spiro atoms. The van der Waals surface area contributed by atoms with Crippen molar-refractivity contribution in [2.75, 3.05) is 0 Å². The van der Waals surface area contributed by atoms with Gasteiger partial charge in [-0.2, -0.15) is 0 Å². The summed E-state index contributed by atoms with van der Waals surface area (Å²) in [5.41, 5.74) is 0. The lowest BCUT2D eigenvalue weighted by Gasteiger charge is -1.49. The van der Waals surface area contributed by atoms with Crippen LogP contribution >= 0.6 is 0 Å². The second-order valence-electron chi connectivity index (χ2n) is 0.769. The summed E-state index contributed by atoms with van der Waals surface area (Å²) in [5, 5.41) is 0. The molecule has 0 aliphatic carbocycles. The standard InChI is InChI=1S/C7H4.C2H6/c1-3-5-7-6-4-2;1-2/h1H,2H3;1-2H3. The lowest BCUT2D eigenvalue weighted by Crippen LogP contribution is -1.46. The Labute approximate surface area is 57.7 Å². The van der Waals surface area contributed by atoms with Gasteiger partial charge in [0.05, 0.1) is 0 Å². The van der Waals surface area contributed by atoms with E-state index in [1.54, 1.807) is 6.92 Å². The third-order valence-corrected chi connectivity index (χ3v) is 0.322. The zero-order valence-electron chi connectivity index (χ0n) is 6.08. The van der Waals surface area contributed by atoms with Crippen molar-refractivity contribution in [1.29, 1.82) is 0 Å². The molecule has 0 aromatic heterocycles. The Morgan fingerprint density at radius 3 is 1.89 bits per heavy atom. The van der Waals surface area contributed by atoms with Gasteiger partial charge in [0, 0.05) is 0 Å². The van der Waals surface area contributed by atoms with E-state index in [0.717, 1.165) is 0 Å². The van der Waals surface area contributed by atoms with Gasteiger partial charge in [-0.3, -0.25) is 0 Å². The van der Waals surface area contributed by atoms with E-state index in [4.69, 9.17) is 6.42 Å². The fraction of sp³-hybridized carbons (Fsp3) is 0.333. The molecule has 0 saturated carbocycles. The molecule has 0 saturated heterocycles. The van der Waals surface area contributed by atoms with Gasteiger partial charge in [0.1, 0.15) is 0 Å². The van der Waals surface area contributed by atoms with Crippen molar-refractivity contribution in [1.82, 2.24) is 0 Å². The van der Waals surface area contributed by atoms with Crippen molar-refractivity contribution >= 4 is 0 Å². The quantitative estimate of drug-likeness (QED) is 0.424. The van der Waals surface area contributed by atoms with E-state index in [9.17, 15) is 0 Å². The average Bonchev–Trinajstić information content (AvgIpc) is 1.94. The molecule has 0 aliphatic heterocycles. The number of hydrogen-bond donors (Lipinski definition) is 0. The topological polar surface area (TPSA) is 0 Å². The molecule has 0 aromatic carbocycles. The second-order valence-corrected chi connectivity index (χ2v) is 0.769. The van der Waals surface area contributed by atoms with Crippen molar-refractivity contribution in [2.24, 2.45) is 0 Å². The Morgan fingerprint density at radius 2 is 1.56 bits per heavy atom. The minimum absolute atomic E-state index is 1.71.